The van der Waals surface area contributed by atoms with E-state index in [9.17, 15) is 0 Å². The van der Waals surface area contributed by atoms with Crippen molar-refractivity contribution in [3.05, 3.63) is 0 Å². The molecule has 2 heteroatoms. The maximum atomic E-state index is 7.24. The van der Waals surface area contributed by atoms with Crippen LogP contribution in [0.2, 0.25) is 0 Å². The van der Waals surface area contributed by atoms with Crippen LogP contribution >= 0.6 is 0 Å². The van der Waals surface area contributed by atoms with E-state index in [2.05, 4.69) is 41.5 Å². The molecule has 0 aromatic heterocycles. The minimum absolute atomic E-state index is 0.358. The summed E-state index contributed by atoms with van der Waals surface area (Å²) in [5.74, 6) is 7.52. The van der Waals surface area contributed by atoms with E-state index in [1.165, 1.54) is 51.4 Å². The van der Waals surface area contributed by atoms with Crippen LogP contribution in [0.1, 0.15) is 92.9 Å². The maximum Gasteiger partial charge on any atom is 0.0635 e. The molecule has 6 saturated carbocycles. The molecule has 4 unspecified atom stereocenters. The third kappa shape index (κ3) is 3.81. The normalized spacial score (nSPS) is 48.8. The van der Waals surface area contributed by atoms with Crippen LogP contribution < -0.4 is 0 Å². The van der Waals surface area contributed by atoms with E-state index >= 15 is 0 Å². The molecule has 6 bridgehead atoms. The van der Waals surface area contributed by atoms with Crippen LogP contribution in [-0.4, -0.2) is 24.9 Å². The van der Waals surface area contributed by atoms with Gasteiger partial charge in [0, 0.05) is 0 Å². The Kier molecular flexibility index (Phi) is 5.84. The quantitative estimate of drug-likeness (QED) is 0.425. The summed E-state index contributed by atoms with van der Waals surface area (Å²) in [7, 11) is 0. The molecule has 0 amide bonds. The molecular weight excluding hydrogens is 368 g/mol. The number of fused-ring (bicyclic) bond motifs is 2. The number of hydrogen-bond acceptors (Lipinski definition) is 2. The predicted molar refractivity (Wildman–Crippen MR) is 123 cm³/mol. The minimum Gasteiger partial charge on any atom is -0.378 e. The zero-order chi connectivity index (χ0) is 21.2. The van der Waals surface area contributed by atoms with Gasteiger partial charge in [-0.05, 0) is 117 Å². The molecular formula is C28H48O2. The molecule has 0 aromatic rings. The highest BCUT2D eigenvalue weighted by molar-refractivity contribution is 5.06. The van der Waals surface area contributed by atoms with E-state index in [4.69, 9.17) is 9.47 Å². The van der Waals surface area contributed by atoms with Crippen LogP contribution in [0.25, 0.3) is 0 Å². The van der Waals surface area contributed by atoms with Gasteiger partial charge in [0.15, 0.2) is 0 Å². The van der Waals surface area contributed by atoms with Crippen molar-refractivity contribution in [2.24, 2.45) is 58.7 Å². The Balaban J connectivity index is 1.28. The Labute approximate surface area is 186 Å². The fraction of sp³-hybridized carbons (Fsp3) is 1.00. The smallest absolute Gasteiger partial charge is 0.0635 e. The second kappa shape index (κ2) is 8.05. The molecule has 0 heterocycles. The summed E-state index contributed by atoms with van der Waals surface area (Å²) in [5, 5.41) is 0. The first-order valence-corrected chi connectivity index (χ1v) is 13.5. The summed E-state index contributed by atoms with van der Waals surface area (Å²) in [6, 6.07) is 0. The van der Waals surface area contributed by atoms with E-state index in [1.54, 1.807) is 0 Å². The van der Waals surface area contributed by atoms with Gasteiger partial charge in [-0.3, -0.25) is 0 Å². The standard InChI is InChI=1S/C28H48O2/c1-16(2)18(5)29-15-28(6)14-21-12-24(25(28)13-21)26(17(3)4)30-27-22-8-19-7-20(10-22)11-23(27)9-19/h16-27H,7-15H2,1-6H3/t18-,19?,20?,21?,22?,23?,24-,25?,26?,27?,28?/m1/s1. The van der Waals surface area contributed by atoms with Crippen LogP contribution in [0.5, 0.6) is 0 Å². The summed E-state index contributed by atoms with van der Waals surface area (Å²) in [4.78, 5) is 0. The summed E-state index contributed by atoms with van der Waals surface area (Å²) < 4.78 is 13.7. The van der Waals surface area contributed by atoms with Gasteiger partial charge in [0.1, 0.15) is 0 Å². The fourth-order valence-corrected chi connectivity index (χ4v) is 9.03. The van der Waals surface area contributed by atoms with Gasteiger partial charge >= 0.3 is 0 Å². The summed E-state index contributed by atoms with van der Waals surface area (Å²) in [5.41, 5.74) is 0.358. The van der Waals surface area contributed by atoms with Gasteiger partial charge in [0.05, 0.1) is 24.9 Å². The first kappa shape index (κ1) is 21.7. The molecule has 6 atom stereocenters. The van der Waals surface area contributed by atoms with Crippen LogP contribution in [0.3, 0.4) is 0 Å². The first-order chi connectivity index (χ1) is 14.2. The zero-order valence-corrected chi connectivity index (χ0v) is 20.6. The molecule has 6 aliphatic carbocycles. The lowest BCUT2D eigenvalue weighted by Crippen LogP contribution is -2.52. The third-order valence-electron chi connectivity index (χ3n) is 10.5. The molecule has 2 nitrogen and oxygen atoms in total. The molecule has 0 radical (unpaired) electrons. The molecule has 0 spiro atoms. The molecule has 172 valence electrons. The van der Waals surface area contributed by atoms with E-state index in [-0.39, 0.29) is 0 Å². The van der Waals surface area contributed by atoms with Crippen LogP contribution in [0.15, 0.2) is 0 Å². The topological polar surface area (TPSA) is 18.5 Å². The highest BCUT2D eigenvalue weighted by Gasteiger charge is 2.57. The summed E-state index contributed by atoms with van der Waals surface area (Å²) in [6.45, 7) is 15.2. The van der Waals surface area contributed by atoms with Gasteiger partial charge in [-0.25, -0.2) is 0 Å². The van der Waals surface area contributed by atoms with Crippen molar-refractivity contribution in [3.63, 3.8) is 0 Å². The Morgan fingerprint density at radius 2 is 1.40 bits per heavy atom. The van der Waals surface area contributed by atoms with E-state index < -0.39 is 0 Å². The lowest BCUT2D eigenvalue weighted by Gasteiger charge is -2.55. The van der Waals surface area contributed by atoms with Gasteiger partial charge in [0.2, 0.25) is 0 Å². The van der Waals surface area contributed by atoms with Crippen molar-refractivity contribution in [3.8, 4) is 0 Å². The van der Waals surface area contributed by atoms with Gasteiger partial charge in [-0.1, -0.05) is 34.6 Å². The molecule has 0 N–H and O–H groups in total. The van der Waals surface area contributed by atoms with Crippen LogP contribution in [0.4, 0.5) is 0 Å². The number of rotatable bonds is 8. The highest BCUT2D eigenvalue weighted by Crippen LogP contribution is 2.61. The maximum absolute atomic E-state index is 7.24. The number of ether oxygens (including phenoxy) is 2. The third-order valence-corrected chi connectivity index (χ3v) is 10.5. The average Bonchev–Trinajstić information content (AvgIpc) is 3.22. The van der Waals surface area contributed by atoms with Gasteiger partial charge in [0.25, 0.3) is 0 Å². The molecule has 30 heavy (non-hydrogen) atoms. The van der Waals surface area contributed by atoms with E-state index in [1.807, 2.05) is 0 Å². The molecule has 6 aliphatic rings. The number of hydrogen-bond donors (Lipinski definition) is 0. The Bertz CT molecular complexity index is 584. The van der Waals surface area contributed by atoms with Crippen molar-refractivity contribution in [2.75, 3.05) is 6.61 Å². The minimum atomic E-state index is 0.358. The highest BCUT2D eigenvalue weighted by atomic mass is 16.5. The van der Waals surface area contributed by atoms with E-state index in [0.29, 0.717) is 35.6 Å². The monoisotopic (exact) mass is 416 g/mol. The lowest BCUT2D eigenvalue weighted by molar-refractivity contribution is -0.182. The van der Waals surface area contributed by atoms with Crippen LogP contribution in [0, 0.1) is 58.7 Å². The van der Waals surface area contributed by atoms with Crippen molar-refractivity contribution in [2.45, 2.75) is 111 Å². The summed E-state index contributed by atoms with van der Waals surface area (Å²) in [6.07, 6.45) is 13.0. The Hall–Kier alpha value is -0.0800. The largest absolute Gasteiger partial charge is 0.378 e. The lowest BCUT2D eigenvalue weighted by atomic mass is 9.55. The average molecular weight is 417 g/mol. The van der Waals surface area contributed by atoms with Crippen molar-refractivity contribution in [1.82, 2.24) is 0 Å². The van der Waals surface area contributed by atoms with Gasteiger partial charge in [-0.15, -0.1) is 0 Å². The molecule has 0 saturated heterocycles. The molecule has 6 rings (SSSR count). The first-order valence-electron chi connectivity index (χ1n) is 13.5. The zero-order valence-electron chi connectivity index (χ0n) is 20.6. The van der Waals surface area contributed by atoms with Crippen molar-refractivity contribution < 1.29 is 9.47 Å². The molecule has 0 aromatic carbocycles. The Morgan fingerprint density at radius 1 is 0.767 bits per heavy atom. The molecule has 6 fully saturated rings. The molecule has 0 aliphatic heterocycles. The van der Waals surface area contributed by atoms with Crippen molar-refractivity contribution >= 4 is 0 Å². The summed E-state index contributed by atoms with van der Waals surface area (Å²) >= 11 is 0. The fourth-order valence-electron chi connectivity index (χ4n) is 9.03. The second-order valence-electron chi connectivity index (χ2n) is 13.5. The SMILES string of the molecule is CC(C)C(OC1C2CC3CC(C2)CC1C3)[C@@H]1CC2CC1C(C)(CO[C@H](C)C(C)C)C2. The Morgan fingerprint density at radius 3 is 1.93 bits per heavy atom. The van der Waals surface area contributed by atoms with Crippen molar-refractivity contribution in [1.29, 1.82) is 0 Å². The predicted octanol–water partition coefficient (Wildman–Crippen LogP) is 6.97. The van der Waals surface area contributed by atoms with E-state index in [0.717, 1.165) is 48.0 Å². The van der Waals surface area contributed by atoms with Crippen LogP contribution in [-0.2, 0) is 9.47 Å². The second-order valence-corrected chi connectivity index (χ2v) is 13.5. The van der Waals surface area contributed by atoms with Gasteiger partial charge in [-0.2, -0.15) is 0 Å². The van der Waals surface area contributed by atoms with Gasteiger partial charge < -0.3 is 9.47 Å².